The number of aromatic carboxylic acids is 1. The van der Waals surface area contributed by atoms with Gasteiger partial charge in [-0.3, -0.25) is 10.1 Å². The molecule has 8 heteroatoms. The van der Waals surface area contributed by atoms with Gasteiger partial charge in [0.05, 0.1) is 11.0 Å². The Morgan fingerprint density at radius 2 is 1.81 bits per heavy atom. The minimum atomic E-state index is -1.45. The Kier molecular flexibility index (Phi) is 3.79. The van der Waals surface area contributed by atoms with Crippen molar-refractivity contribution in [3.05, 3.63) is 63.7 Å². The van der Waals surface area contributed by atoms with Gasteiger partial charge in [0.15, 0.2) is 11.6 Å². The predicted molar refractivity (Wildman–Crippen MR) is 66.5 cm³/mol. The van der Waals surface area contributed by atoms with Crippen LogP contribution >= 0.6 is 0 Å². The number of rotatable bonds is 4. The summed E-state index contributed by atoms with van der Waals surface area (Å²) in [4.78, 5) is 20.7. The molecule has 0 aliphatic carbocycles. The molecule has 0 heterocycles. The summed E-state index contributed by atoms with van der Waals surface area (Å²) in [6.07, 6.45) is 0. The normalized spacial score (nSPS) is 10.2. The maximum absolute atomic E-state index is 13.7. The second-order valence-electron chi connectivity index (χ2n) is 3.92. The third-order valence-corrected chi connectivity index (χ3v) is 2.52. The lowest BCUT2D eigenvalue weighted by molar-refractivity contribution is -0.385. The van der Waals surface area contributed by atoms with E-state index in [2.05, 4.69) is 0 Å². The smallest absolute Gasteiger partial charge is 0.339 e. The van der Waals surface area contributed by atoms with E-state index in [-0.39, 0.29) is 5.75 Å². The number of nitro benzene ring substituents is 1. The minimum Gasteiger partial charge on any atom is -0.478 e. The zero-order chi connectivity index (χ0) is 15.6. The summed E-state index contributed by atoms with van der Waals surface area (Å²) in [6.45, 7) is 0. The molecule has 0 spiro atoms. The van der Waals surface area contributed by atoms with Crippen molar-refractivity contribution < 1.29 is 28.3 Å². The number of carboxylic acid groups (broad SMARTS) is 1. The first-order chi connectivity index (χ1) is 9.88. The summed E-state index contributed by atoms with van der Waals surface area (Å²) in [5.41, 5.74) is -0.967. The van der Waals surface area contributed by atoms with E-state index in [1.807, 2.05) is 0 Å². The van der Waals surface area contributed by atoms with Gasteiger partial charge in [-0.05, 0) is 24.3 Å². The summed E-state index contributed by atoms with van der Waals surface area (Å²) in [5, 5.41) is 19.4. The molecule has 6 nitrogen and oxygen atoms in total. The molecule has 0 bridgehead atoms. The molecule has 108 valence electrons. The molecule has 2 aromatic carbocycles. The number of hydrogen-bond acceptors (Lipinski definition) is 4. The van der Waals surface area contributed by atoms with E-state index in [1.165, 1.54) is 0 Å². The number of nitro groups is 1. The van der Waals surface area contributed by atoms with E-state index in [4.69, 9.17) is 9.84 Å². The van der Waals surface area contributed by atoms with Crippen LogP contribution in [0.25, 0.3) is 0 Å². The van der Waals surface area contributed by atoms with Gasteiger partial charge in [-0.1, -0.05) is 0 Å². The van der Waals surface area contributed by atoms with Gasteiger partial charge in [0.25, 0.3) is 5.69 Å². The van der Waals surface area contributed by atoms with E-state index in [1.54, 1.807) is 0 Å². The van der Waals surface area contributed by atoms with Crippen LogP contribution in [0.3, 0.4) is 0 Å². The molecule has 0 atom stereocenters. The molecule has 0 saturated carbocycles. The first kappa shape index (κ1) is 14.4. The molecule has 0 radical (unpaired) electrons. The maximum Gasteiger partial charge on any atom is 0.339 e. The van der Waals surface area contributed by atoms with E-state index in [0.717, 1.165) is 30.3 Å². The Labute approximate surface area is 116 Å². The Balaban J connectivity index is 2.39. The maximum atomic E-state index is 13.7. The van der Waals surface area contributed by atoms with Crippen LogP contribution < -0.4 is 4.74 Å². The van der Waals surface area contributed by atoms with Crippen LogP contribution in [0.1, 0.15) is 10.4 Å². The fourth-order valence-electron chi connectivity index (χ4n) is 1.56. The number of carboxylic acids is 1. The van der Waals surface area contributed by atoms with Gasteiger partial charge >= 0.3 is 5.97 Å². The summed E-state index contributed by atoms with van der Waals surface area (Å²) in [5.74, 6) is -3.97. The first-order valence-electron chi connectivity index (χ1n) is 5.53. The topological polar surface area (TPSA) is 89.7 Å². The molecule has 0 unspecified atom stereocenters. The third kappa shape index (κ3) is 3.11. The first-order valence-corrected chi connectivity index (χ1v) is 5.53. The molecule has 0 amide bonds. The number of halogens is 2. The highest BCUT2D eigenvalue weighted by molar-refractivity contribution is 5.91. The van der Waals surface area contributed by atoms with Crippen molar-refractivity contribution in [3.8, 4) is 11.5 Å². The van der Waals surface area contributed by atoms with Crippen molar-refractivity contribution in [2.75, 3.05) is 0 Å². The van der Waals surface area contributed by atoms with Gasteiger partial charge in [0.2, 0.25) is 0 Å². The molecule has 2 aromatic rings. The monoisotopic (exact) mass is 295 g/mol. The highest BCUT2D eigenvalue weighted by Gasteiger charge is 2.17. The number of benzene rings is 2. The fraction of sp³-hybridized carbons (Fsp3) is 0. The third-order valence-electron chi connectivity index (χ3n) is 2.52. The number of non-ortho nitro benzene ring substituents is 1. The SMILES string of the molecule is O=C(O)c1cc(F)ccc1Oc1ccc([N+](=O)[O-])cc1F. The van der Waals surface area contributed by atoms with Crippen molar-refractivity contribution in [3.63, 3.8) is 0 Å². The summed E-state index contributed by atoms with van der Waals surface area (Å²) < 4.78 is 31.7. The Bertz CT molecular complexity index is 732. The lowest BCUT2D eigenvalue weighted by Crippen LogP contribution is -2.01. The van der Waals surface area contributed by atoms with Crippen LogP contribution in [0.2, 0.25) is 0 Å². The van der Waals surface area contributed by atoms with E-state index < -0.39 is 39.5 Å². The zero-order valence-corrected chi connectivity index (χ0v) is 10.2. The van der Waals surface area contributed by atoms with Crippen LogP contribution in [0.5, 0.6) is 11.5 Å². The van der Waals surface area contributed by atoms with E-state index >= 15 is 0 Å². The minimum absolute atomic E-state index is 0.281. The number of ether oxygens (including phenoxy) is 1. The quantitative estimate of drug-likeness (QED) is 0.690. The van der Waals surface area contributed by atoms with Crippen molar-refractivity contribution in [1.82, 2.24) is 0 Å². The number of hydrogen-bond donors (Lipinski definition) is 1. The van der Waals surface area contributed by atoms with E-state index in [0.29, 0.717) is 6.07 Å². The van der Waals surface area contributed by atoms with Crippen molar-refractivity contribution in [2.45, 2.75) is 0 Å². The lowest BCUT2D eigenvalue weighted by atomic mass is 10.2. The molecule has 0 fully saturated rings. The highest BCUT2D eigenvalue weighted by atomic mass is 19.1. The molecule has 0 aromatic heterocycles. The molecule has 2 rings (SSSR count). The van der Waals surface area contributed by atoms with Crippen molar-refractivity contribution in [1.29, 1.82) is 0 Å². The molecule has 21 heavy (non-hydrogen) atoms. The standard InChI is InChI=1S/C13H7F2NO5/c14-7-1-3-11(9(5-7)13(17)18)21-12-4-2-8(16(19)20)6-10(12)15/h1-6H,(H,17,18). The average Bonchev–Trinajstić information content (AvgIpc) is 2.42. The second kappa shape index (κ2) is 5.53. The van der Waals surface area contributed by atoms with Gasteiger partial charge in [-0.25, -0.2) is 13.6 Å². The zero-order valence-electron chi connectivity index (χ0n) is 10.2. The van der Waals surface area contributed by atoms with Gasteiger partial charge in [-0.15, -0.1) is 0 Å². The highest BCUT2D eigenvalue weighted by Crippen LogP contribution is 2.30. The van der Waals surface area contributed by atoms with Crippen LogP contribution in [-0.4, -0.2) is 16.0 Å². The number of carbonyl (C=O) groups is 1. The largest absolute Gasteiger partial charge is 0.478 e. The Morgan fingerprint density at radius 3 is 2.38 bits per heavy atom. The van der Waals surface area contributed by atoms with Gasteiger partial charge in [0.1, 0.15) is 17.1 Å². The van der Waals surface area contributed by atoms with Gasteiger partial charge in [0, 0.05) is 6.07 Å². The summed E-state index contributed by atoms with van der Waals surface area (Å²) in [6, 6.07) is 5.33. The van der Waals surface area contributed by atoms with Gasteiger partial charge < -0.3 is 9.84 Å². The predicted octanol–water partition coefficient (Wildman–Crippen LogP) is 3.36. The Hall–Kier alpha value is -3.03. The molecule has 0 aliphatic heterocycles. The lowest BCUT2D eigenvalue weighted by Gasteiger charge is -2.09. The Morgan fingerprint density at radius 1 is 1.14 bits per heavy atom. The van der Waals surface area contributed by atoms with Crippen LogP contribution in [0.15, 0.2) is 36.4 Å². The van der Waals surface area contributed by atoms with Crippen LogP contribution in [-0.2, 0) is 0 Å². The average molecular weight is 295 g/mol. The van der Waals surface area contributed by atoms with Crippen molar-refractivity contribution in [2.24, 2.45) is 0 Å². The van der Waals surface area contributed by atoms with Crippen molar-refractivity contribution >= 4 is 11.7 Å². The molecular weight excluding hydrogens is 288 g/mol. The molecule has 0 aliphatic rings. The van der Waals surface area contributed by atoms with Crippen LogP contribution in [0.4, 0.5) is 14.5 Å². The second-order valence-corrected chi connectivity index (χ2v) is 3.92. The molecule has 0 saturated heterocycles. The van der Waals surface area contributed by atoms with Crippen LogP contribution in [0, 0.1) is 21.7 Å². The van der Waals surface area contributed by atoms with E-state index in [9.17, 15) is 23.7 Å². The number of nitrogens with zero attached hydrogens (tertiary/aromatic N) is 1. The fourth-order valence-corrected chi connectivity index (χ4v) is 1.56. The van der Waals surface area contributed by atoms with Gasteiger partial charge in [-0.2, -0.15) is 0 Å². The summed E-state index contributed by atoms with van der Waals surface area (Å²) in [7, 11) is 0. The molecule has 1 N–H and O–H groups in total. The molecular formula is C13H7F2NO5. The summed E-state index contributed by atoms with van der Waals surface area (Å²) >= 11 is 0.